The van der Waals surface area contributed by atoms with E-state index in [0.717, 1.165) is 47.5 Å². The van der Waals surface area contributed by atoms with Crippen LogP contribution in [0.25, 0.3) is 11.4 Å². The van der Waals surface area contributed by atoms with Gasteiger partial charge in [-0.05, 0) is 51.0 Å². The Morgan fingerprint density at radius 3 is 2.32 bits per heavy atom. The lowest BCUT2D eigenvalue weighted by atomic mass is 10.2. The monoisotopic (exact) mass is 374 g/mol. The van der Waals surface area contributed by atoms with Crippen molar-refractivity contribution in [3.8, 4) is 17.1 Å². The minimum Gasteiger partial charge on any atom is -0.491 e. The van der Waals surface area contributed by atoms with Gasteiger partial charge in [-0.3, -0.25) is 0 Å². The molecule has 1 aromatic heterocycles. The van der Waals surface area contributed by atoms with Crippen molar-refractivity contribution in [1.82, 2.24) is 9.97 Å². The molecule has 1 fully saturated rings. The zero-order valence-corrected chi connectivity index (χ0v) is 16.4. The second-order valence-electron chi connectivity index (χ2n) is 7.31. The standard InChI is InChI=1S/C23H26N4O/c1-17(2)28-20-12-10-19(11-13-20)24-21-16-22(27-14-6-7-15-27)26-23(25-21)18-8-4-3-5-9-18/h3-5,8-13,16-17H,6-7,14-15H2,1-2H3,(H,24,25,26). The summed E-state index contributed by atoms with van der Waals surface area (Å²) < 4.78 is 5.72. The van der Waals surface area contributed by atoms with Crippen LogP contribution in [0.3, 0.4) is 0 Å². The molecule has 0 spiro atoms. The zero-order chi connectivity index (χ0) is 19.3. The summed E-state index contributed by atoms with van der Waals surface area (Å²) in [6.07, 6.45) is 2.59. The fourth-order valence-electron chi connectivity index (χ4n) is 3.36. The Morgan fingerprint density at radius 1 is 0.929 bits per heavy atom. The van der Waals surface area contributed by atoms with Gasteiger partial charge in [0.15, 0.2) is 5.82 Å². The molecule has 0 atom stereocenters. The van der Waals surface area contributed by atoms with Crippen LogP contribution in [-0.2, 0) is 0 Å². The van der Waals surface area contributed by atoms with E-state index in [0.29, 0.717) is 0 Å². The van der Waals surface area contributed by atoms with Gasteiger partial charge in [-0.15, -0.1) is 0 Å². The van der Waals surface area contributed by atoms with E-state index in [1.165, 1.54) is 12.8 Å². The maximum atomic E-state index is 5.72. The Hall–Kier alpha value is -3.08. The smallest absolute Gasteiger partial charge is 0.163 e. The highest BCUT2D eigenvalue weighted by Gasteiger charge is 2.16. The maximum absolute atomic E-state index is 5.72. The van der Waals surface area contributed by atoms with Crippen molar-refractivity contribution in [3.63, 3.8) is 0 Å². The van der Waals surface area contributed by atoms with Crippen molar-refractivity contribution in [2.45, 2.75) is 32.8 Å². The fraction of sp³-hybridized carbons (Fsp3) is 0.304. The first-order valence-electron chi connectivity index (χ1n) is 9.90. The first kappa shape index (κ1) is 18.3. The Kier molecular flexibility index (Phi) is 5.42. The van der Waals surface area contributed by atoms with Gasteiger partial charge >= 0.3 is 0 Å². The van der Waals surface area contributed by atoms with E-state index >= 15 is 0 Å². The number of anilines is 3. The summed E-state index contributed by atoms with van der Waals surface area (Å²) in [4.78, 5) is 11.9. The lowest BCUT2D eigenvalue weighted by molar-refractivity contribution is 0.242. The molecule has 4 rings (SSSR count). The summed E-state index contributed by atoms with van der Waals surface area (Å²) >= 11 is 0. The van der Waals surface area contributed by atoms with E-state index in [1.54, 1.807) is 0 Å². The average Bonchev–Trinajstić information content (AvgIpc) is 3.25. The Morgan fingerprint density at radius 2 is 1.64 bits per heavy atom. The molecule has 2 aromatic carbocycles. The molecule has 0 aliphatic carbocycles. The quantitative estimate of drug-likeness (QED) is 0.636. The third-order valence-corrected chi connectivity index (χ3v) is 4.67. The molecular formula is C23H26N4O. The summed E-state index contributed by atoms with van der Waals surface area (Å²) in [5.74, 6) is 3.39. The van der Waals surface area contributed by atoms with E-state index in [4.69, 9.17) is 14.7 Å². The fourth-order valence-corrected chi connectivity index (χ4v) is 3.36. The zero-order valence-electron chi connectivity index (χ0n) is 16.4. The van der Waals surface area contributed by atoms with Crippen LogP contribution in [0.1, 0.15) is 26.7 Å². The van der Waals surface area contributed by atoms with Gasteiger partial charge in [0, 0.05) is 30.4 Å². The molecule has 1 aliphatic heterocycles. The molecule has 1 saturated heterocycles. The summed E-state index contributed by atoms with van der Waals surface area (Å²) in [5, 5.41) is 3.43. The van der Waals surface area contributed by atoms with Gasteiger partial charge < -0.3 is 15.0 Å². The van der Waals surface area contributed by atoms with Crippen LogP contribution in [0.2, 0.25) is 0 Å². The first-order chi connectivity index (χ1) is 13.7. The highest BCUT2D eigenvalue weighted by molar-refractivity contribution is 5.66. The molecule has 0 saturated carbocycles. The summed E-state index contributed by atoms with van der Waals surface area (Å²) in [5.41, 5.74) is 1.99. The van der Waals surface area contributed by atoms with Gasteiger partial charge in [-0.1, -0.05) is 30.3 Å². The third kappa shape index (κ3) is 4.42. The summed E-state index contributed by atoms with van der Waals surface area (Å²) in [7, 11) is 0. The van der Waals surface area contributed by atoms with Gasteiger partial charge in [0.2, 0.25) is 0 Å². The van der Waals surface area contributed by atoms with Crippen LogP contribution in [0.4, 0.5) is 17.3 Å². The number of aromatic nitrogens is 2. The van der Waals surface area contributed by atoms with E-state index < -0.39 is 0 Å². The largest absolute Gasteiger partial charge is 0.491 e. The van der Waals surface area contributed by atoms with Crippen LogP contribution in [0.5, 0.6) is 5.75 Å². The molecule has 3 aromatic rings. The number of ether oxygens (including phenoxy) is 1. The SMILES string of the molecule is CC(C)Oc1ccc(Nc2cc(N3CCCC3)nc(-c3ccccc3)n2)cc1. The van der Waals surface area contributed by atoms with Gasteiger partial charge in [-0.25, -0.2) is 9.97 Å². The van der Waals surface area contributed by atoms with Crippen LogP contribution >= 0.6 is 0 Å². The molecule has 0 unspecified atom stereocenters. The van der Waals surface area contributed by atoms with Crippen molar-refractivity contribution in [2.24, 2.45) is 0 Å². The van der Waals surface area contributed by atoms with Gasteiger partial charge in [0.1, 0.15) is 17.4 Å². The molecular weight excluding hydrogens is 348 g/mol. The Bertz CT molecular complexity index is 904. The Labute approximate surface area is 166 Å². The minimum absolute atomic E-state index is 0.164. The molecule has 1 aliphatic rings. The molecule has 144 valence electrons. The van der Waals surface area contributed by atoms with Crippen molar-refractivity contribution in [1.29, 1.82) is 0 Å². The van der Waals surface area contributed by atoms with Crippen molar-refractivity contribution in [2.75, 3.05) is 23.3 Å². The number of hydrogen-bond acceptors (Lipinski definition) is 5. The normalized spacial score (nSPS) is 13.8. The number of nitrogens with one attached hydrogen (secondary N) is 1. The van der Waals surface area contributed by atoms with E-state index in [1.807, 2.05) is 74.5 Å². The van der Waals surface area contributed by atoms with Crippen molar-refractivity contribution >= 4 is 17.3 Å². The van der Waals surface area contributed by atoms with E-state index in [-0.39, 0.29) is 6.10 Å². The molecule has 0 amide bonds. The minimum atomic E-state index is 0.164. The van der Waals surface area contributed by atoms with Crippen LogP contribution in [0, 0.1) is 0 Å². The van der Waals surface area contributed by atoms with Gasteiger partial charge in [0.25, 0.3) is 0 Å². The highest BCUT2D eigenvalue weighted by atomic mass is 16.5. The van der Waals surface area contributed by atoms with Gasteiger partial charge in [-0.2, -0.15) is 0 Å². The van der Waals surface area contributed by atoms with Crippen LogP contribution < -0.4 is 15.0 Å². The van der Waals surface area contributed by atoms with E-state index in [9.17, 15) is 0 Å². The number of rotatable bonds is 6. The van der Waals surface area contributed by atoms with Crippen molar-refractivity contribution < 1.29 is 4.74 Å². The number of hydrogen-bond donors (Lipinski definition) is 1. The highest BCUT2D eigenvalue weighted by Crippen LogP contribution is 2.27. The second-order valence-corrected chi connectivity index (χ2v) is 7.31. The lowest BCUT2D eigenvalue weighted by Crippen LogP contribution is -2.19. The topological polar surface area (TPSA) is 50.3 Å². The summed E-state index contributed by atoms with van der Waals surface area (Å²) in [6, 6.07) is 20.1. The number of benzene rings is 2. The molecule has 0 bridgehead atoms. The van der Waals surface area contributed by atoms with E-state index in [2.05, 4.69) is 10.2 Å². The first-order valence-corrected chi connectivity index (χ1v) is 9.90. The lowest BCUT2D eigenvalue weighted by Gasteiger charge is -2.18. The third-order valence-electron chi connectivity index (χ3n) is 4.67. The van der Waals surface area contributed by atoms with Crippen LogP contribution in [-0.4, -0.2) is 29.2 Å². The predicted octanol–water partition coefficient (Wildman–Crippen LogP) is 5.27. The molecule has 5 nitrogen and oxygen atoms in total. The van der Waals surface area contributed by atoms with Crippen molar-refractivity contribution in [3.05, 3.63) is 60.7 Å². The maximum Gasteiger partial charge on any atom is 0.163 e. The van der Waals surface area contributed by atoms with Crippen LogP contribution in [0.15, 0.2) is 60.7 Å². The van der Waals surface area contributed by atoms with Gasteiger partial charge in [0.05, 0.1) is 6.10 Å². The molecule has 2 heterocycles. The predicted molar refractivity (Wildman–Crippen MR) is 114 cm³/mol. The summed E-state index contributed by atoms with van der Waals surface area (Å²) in [6.45, 7) is 6.15. The molecule has 28 heavy (non-hydrogen) atoms. The molecule has 1 N–H and O–H groups in total. The molecule has 5 heteroatoms. The average molecular weight is 374 g/mol. The molecule has 0 radical (unpaired) electrons. The Balaban J connectivity index is 1.62. The second kappa shape index (κ2) is 8.30. The number of nitrogens with zero attached hydrogens (tertiary/aromatic N) is 3.